The van der Waals surface area contributed by atoms with Crippen molar-refractivity contribution in [3.8, 4) is 0 Å². The van der Waals surface area contributed by atoms with Gasteiger partial charge in [0.1, 0.15) is 11.6 Å². The van der Waals surface area contributed by atoms with Crippen molar-refractivity contribution in [1.29, 1.82) is 0 Å². The lowest BCUT2D eigenvalue weighted by Crippen LogP contribution is -2.13. The Morgan fingerprint density at radius 1 is 1.16 bits per heavy atom. The van der Waals surface area contributed by atoms with Gasteiger partial charge in [0.25, 0.3) is 5.91 Å². The van der Waals surface area contributed by atoms with Gasteiger partial charge in [-0.1, -0.05) is 11.6 Å². The van der Waals surface area contributed by atoms with Crippen molar-refractivity contribution in [2.24, 2.45) is 0 Å². The van der Waals surface area contributed by atoms with Gasteiger partial charge < -0.3 is 11.1 Å². The monoisotopic (exact) mass is 282 g/mol. The highest BCUT2D eigenvalue weighted by atomic mass is 35.5. The number of rotatable bonds is 2. The molecule has 19 heavy (non-hydrogen) atoms. The normalized spacial score (nSPS) is 10.3. The number of hydrogen-bond donors (Lipinski definition) is 2. The van der Waals surface area contributed by atoms with Crippen LogP contribution in [0.2, 0.25) is 5.02 Å². The molecule has 0 aliphatic heterocycles. The van der Waals surface area contributed by atoms with Gasteiger partial charge in [-0.25, -0.2) is 8.78 Å². The minimum atomic E-state index is -0.707. The second-order valence-electron chi connectivity index (χ2n) is 3.81. The van der Waals surface area contributed by atoms with Crippen LogP contribution in [-0.4, -0.2) is 5.91 Å². The molecule has 6 heteroatoms. The summed E-state index contributed by atoms with van der Waals surface area (Å²) < 4.78 is 26.3. The van der Waals surface area contributed by atoms with E-state index in [0.717, 1.165) is 12.1 Å². The fourth-order valence-corrected chi connectivity index (χ4v) is 1.59. The predicted molar refractivity (Wildman–Crippen MR) is 70.2 cm³/mol. The van der Waals surface area contributed by atoms with Crippen LogP contribution in [0.3, 0.4) is 0 Å². The van der Waals surface area contributed by atoms with E-state index in [2.05, 4.69) is 5.32 Å². The molecule has 2 aromatic carbocycles. The second-order valence-corrected chi connectivity index (χ2v) is 4.22. The van der Waals surface area contributed by atoms with E-state index in [4.69, 9.17) is 17.3 Å². The smallest absolute Gasteiger partial charge is 0.255 e. The third kappa shape index (κ3) is 3.00. The number of carbonyl (C=O) groups excluding carboxylic acids is 1. The van der Waals surface area contributed by atoms with E-state index in [1.807, 2.05) is 0 Å². The zero-order valence-electron chi connectivity index (χ0n) is 9.58. The molecule has 0 saturated carbocycles. The van der Waals surface area contributed by atoms with Crippen molar-refractivity contribution >= 4 is 28.9 Å². The third-order valence-electron chi connectivity index (χ3n) is 2.45. The molecule has 0 aromatic heterocycles. The Kier molecular flexibility index (Phi) is 3.66. The number of nitrogens with one attached hydrogen (secondary N) is 1. The molecule has 0 spiro atoms. The first-order valence-corrected chi connectivity index (χ1v) is 5.66. The number of carbonyl (C=O) groups is 1. The average Bonchev–Trinajstić information content (AvgIpc) is 2.37. The average molecular weight is 283 g/mol. The van der Waals surface area contributed by atoms with Crippen LogP contribution in [0, 0.1) is 11.6 Å². The Balaban J connectivity index is 2.25. The van der Waals surface area contributed by atoms with Gasteiger partial charge >= 0.3 is 0 Å². The molecule has 3 N–H and O–H groups in total. The van der Waals surface area contributed by atoms with E-state index in [-0.39, 0.29) is 22.0 Å². The summed E-state index contributed by atoms with van der Waals surface area (Å²) in [7, 11) is 0. The number of benzene rings is 2. The van der Waals surface area contributed by atoms with Crippen LogP contribution in [-0.2, 0) is 0 Å². The van der Waals surface area contributed by atoms with E-state index in [9.17, 15) is 13.6 Å². The van der Waals surface area contributed by atoms with Gasteiger partial charge in [-0.3, -0.25) is 4.79 Å². The second kappa shape index (κ2) is 5.24. The zero-order chi connectivity index (χ0) is 14.0. The standard InChI is InChI=1S/C13H9ClF2N2O/c14-9-3-1-7(5-10(9)16)13(19)18-12-6-8(15)2-4-11(12)17/h1-6H,17H2,(H,18,19). The van der Waals surface area contributed by atoms with Crippen LogP contribution in [0.25, 0.3) is 0 Å². The Hall–Kier alpha value is -2.14. The van der Waals surface area contributed by atoms with Crippen molar-refractivity contribution in [2.75, 3.05) is 11.1 Å². The van der Waals surface area contributed by atoms with Crippen LogP contribution in [0.4, 0.5) is 20.2 Å². The van der Waals surface area contributed by atoms with E-state index in [1.54, 1.807) is 0 Å². The van der Waals surface area contributed by atoms with Crippen LogP contribution in [0.5, 0.6) is 0 Å². The summed E-state index contributed by atoms with van der Waals surface area (Å²) in [6.07, 6.45) is 0. The van der Waals surface area contributed by atoms with Gasteiger partial charge in [0.05, 0.1) is 16.4 Å². The Morgan fingerprint density at radius 3 is 2.58 bits per heavy atom. The molecule has 2 rings (SSSR count). The molecule has 98 valence electrons. The van der Waals surface area contributed by atoms with Gasteiger partial charge in [0.15, 0.2) is 0 Å². The first-order valence-electron chi connectivity index (χ1n) is 5.29. The van der Waals surface area contributed by atoms with Gasteiger partial charge in [0.2, 0.25) is 0 Å². The van der Waals surface area contributed by atoms with E-state index in [1.165, 1.54) is 24.3 Å². The Bertz CT molecular complexity index is 647. The lowest BCUT2D eigenvalue weighted by atomic mass is 10.2. The summed E-state index contributed by atoms with van der Waals surface area (Å²) in [4.78, 5) is 11.8. The van der Waals surface area contributed by atoms with E-state index < -0.39 is 17.5 Å². The maximum Gasteiger partial charge on any atom is 0.255 e. The number of nitrogen functional groups attached to an aromatic ring is 1. The minimum Gasteiger partial charge on any atom is -0.397 e. The van der Waals surface area contributed by atoms with Gasteiger partial charge in [-0.2, -0.15) is 0 Å². The van der Waals surface area contributed by atoms with Gasteiger partial charge in [-0.15, -0.1) is 0 Å². The highest BCUT2D eigenvalue weighted by molar-refractivity contribution is 6.30. The molecule has 1 amide bonds. The Labute approximate surface area is 113 Å². The molecule has 0 bridgehead atoms. The first kappa shape index (κ1) is 13.3. The number of amides is 1. The lowest BCUT2D eigenvalue weighted by molar-refractivity contribution is 0.102. The van der Waals surface area contributed by atoms with Crippen LogP contribution >= 0.6 is 11.6 Å². The van der Waals surface area contributed by atoms with Gasteiger partial charge in [-0.05, 0) is 36.4 Å². The first-order chi connectivity index (χ1) is 8.97. The molecule has 0 radical (unpaired) electrons. The molecule has 0 atom stereocenters. The summed E-state index contributed by atoms with van der Waals surface area (Å²) in [5, 5.41) is 2.32. The quantitative estimate of drug-likeness (QED) is 0.829. The van der Waals surface area contributed by atoms with Crippen molar-refractivity contribution < 1.29 is 13.6 Å². The van der Waals surface area contributed by atoms with Crippen LogP contribution < -0.4 is 11.1 Å². The number of anilines is 2. The van der Waals surface area contributed by atoms with E-state index >= 15 is 0 Å². The molecular formula is C13H9ClF2N2O. The number of hydrogen-bond acceptors (Lipinski definition) is 2. The molecule has 0 aliphatic rings. The lowest BCUT2D eigenvalue weighted by Gasteiger charge is -2.08. The van der Waals surface area contributed by atoms with Crippen molar-refractivity contribution in [1.82, 2.24) is 0 Å². The van der Waals surface area contributed by atoms with E-state index in [0.29, 0.717) is 0 Å². The molecule has 3 nitrogen and oxygen atoms in total. The molecule has 0 unspecified atom stereocenters. The summed E-state index contributed by atoms with van der Waals surface area (Å²) in [6, 6.07) is 7.20. The van der Waals surface area contributed by atoms with Crippen molar-refractivity contribution in [3.05, 3.63) is 58.6 Å². The number of halogens is 3. The molecule has 0 heterocycles. The fourth-order valence-electron chi connectivity index (χ4n) is 1.47. The molecule has 0 aliphatic carbocycles. The van der Waals surface area contributed by atoms with Crippen LogP contribution in [0.1, 0.15) is 10.4 Å². The molecule has 0 saturated heterocycles. The highest BCUT2D eigenvalue weighted by Crippen LogP contribution is 2.21. The molecule has 2 aromatic rings. The van der Waals surface area contributed by atoms with Crippen molar-refractivity contribution in [3.63, 3.8) is 0 Å². The van der Waals surface area contributed by atoms with Gasteiger partial charge in [0, 0.05) is 5.56 Å². The topological polar surface area (TPSA) is 55.1 Å². The molecule has 0 fully saturated rings. The summed E-state index contributed by atoms with van der Waals surface area (Å²) in [5.41, 5.74) is 5.99. The fraction of sp³-hybridized carbons (Fsp3) is 0. The summed E-state index contributed by atoms with van der Waals surface area (Å²) in [6.45, 7) is 0. The SMILES string of the molecule is Nc1ccc(F)cc1NC(=O)c1ccc(Cl)c(F)c1. The maximum absolute atomic E-state index is 13.2. The molecular weight excluding hydrogens is 274 g/mol. The third-order valence-corrected chi connectivity index (χ3v) is 2.75. The summed E-state index contributed by atoms with van der Waals surface area (Å²) in [5.74, 6) is -1.85. The van der Waals surface area contributed by atoms with Crippen LogP contribution in [0.15, 0.2) is 36.4 Å². The summed E-state index contributed by atoms with van der Waals surface area (Å²) >= 11 is 5.52. The zero-order valence-corrected chi connectivity index (χ0v) is 10.3. The number of nitrogens with two attached hydrogens (primary N) is 1. The Morgan fingerprint density at radius 2 is 1.89 bits per heavy atom. The largest absolute Gasteiger partial charge is 0.397 e. The maximum atomic E-state index is 13.2. The highest BCUT2D eigenvalue weighted by Gasteiger charge is 2.11. The van der Waals surface area contributed by atoms with Crippen molar-refractivity contribution in [2.45, 2.75) is 0 Å². The minimum absolute atomic E-state index is 0.0607. The predicted octanol–water partition coefficient (Wildman–Crippen LogP) is 3.45.